The number of alkyl halides is 3. The van der Waals surface area contributed by atoms with Crippen LogP contribution in [0.1, 0.15) is 41.3 Å². The molecule has 1 fully saturated rings. The van der Waals surface area contributed by atoms with Crippen molar-refractivity contribution in [3.8, 4) is 23.0 Å². The summed E-state index contributed by atoms with van der Waals surface area (Å²) in [6, 6.07) is 11.6. The van der Waals surface area contributed by atoms with Crippen molar-refractivity contribution in [1.82, 2.24) is 29.5 Å². The van der Waals surface area contributed by atoms with Crippen molar-refractivity contribution in [2.75, 3.05) is 29.1 Å². The molecule has 256 valence electrons. The zero-order valence-corrected chi connectivity index (χ0v) is 27.6. The second kappa shape index (κ2) is 13.4. The monoisotopic (exact) mass is 694 g/mol. The molecule has 6 rings (SSSR count). The van der Waals surface area contributed by atoms with Gasteiger partial charge in [-0.15, -0.1) is 0 Å². The number of aryl methyl sites for hydroxylation is 2. The van der Waals surface area contributed by atoms with E-state index in [2.05, 4.69) is 30.1 Å². The number of hydrogen-bond donors (Lipinski definition) is 2. The van der Waals surface area contributed by atoms with Crippen molar-refractivity contribution < 1.29 is 31.1 Å². The molecule has 0 bridgehead atoms. The number of amides is 1. The van der Waals surface area contributed by atoms with E-state index in [-0.39, 0.29) is 47.7 Å². The first-order chi connectivity index (χ1) is 23.3. The lowest BCUT2D eigenvalue weighted by Crippen LogP contribution is -2.45. The Hall–Kier alpha value is -5.09. The van der Waals surface area contributed by atoms with Crippen molar-refractivity contribution >= 4 is 38.3 Å². The third-order valence-corrected chi connectivity index (χ3v) is 9.73. The Morgan fingerprint density at radius 2 is 1.78 bits per heavy atom. The van der Waals surface area contributed by atoms with Crippen molar-refractivity contribution in [2.45, 2.75) is 38.9 Å². The molecular formula is C33H33F3N8O4S. The van der Waals surface area contributed by atoms with Crippen molar-refractivity contribution in [1.29, 1.82) is 0 Å². The molecule has 2 N–H and O–H groups in total. The normalized spacial score (nSPS) is 14.3. The molecule has 1 aliphatic rings. The standard InChI is InChI=1S/C33H33F3N8O4S/c1-4-49(46,47)42-23-11-15-44(16-12-23)27-8-7-24(18-26(27)33(34,35)36)39-31(45)22-6-5-20(2)28(17-22)48-32-25-19-38-43(3)30(25)40-29(41-32)21-9-13-37-14-10-21/h5-10,13-14,17-19,23,42H,4,11-12,15-16H2,1-3H3,(H,39,45). The van der Waals surface area contributed by atoms with E-state index in [1.165, 1.54) is 25.1 Å². The summed E-state index contributed by atoms with van der Waals surface area (Å²) < 4.78 is 77.1. The zero-order chi connectivity index (χ0) is 34.9. The van der Waals surface area contributed by atoms with Gasteiger partial charge in [0.05, 0.1) is 17.5 Å². The second-order valence-corrected chi connectivity index (χ2v) is 13.7. The number of carbonyl (C=O) groups excluding carboxylic acids is 1. The number of carbonyl (C=O) groups is 1. The fraction of sp³-hybridized carbons (Fsp3) is 0.303. The van der Waals surface area contributed by atoms with Crippen LogP contribution in [0, 0.1) is 6.92 Å². The smallest absolute Gasteiger partial charge is 0.418 e. The van der Waals surface area contributed by atoms with E-state index >= 15 is 0 Å². The van der Waals surface area contributed by atoms with E-state index in [0.29, 0.717) is 46.6 Å². The number of nitrogens with one attached hydrogen (secondary N) is 2. The molecule has 0 atom stereocenters. The lowest BCUT2D eigenvalue weighted by Gasteiger charge is -2.35. The first kappa shape index (κ1) is 33.8. The van der Waals surface area contributed by atoms with E-state index in [1.54, 1.807) is 66.4 Å². The van der Waals surface area contributed by atoms with Crippen molar-refractivity contribution in [2.24, 2.45) is 7.05 Å². The van der Waals surface area contributed by atoms with Crippen LogP contribution in [0.15, 0.2) is 67.1 Å². The molecule has 49 heavy (non-hydrogen) atoms. The number of pyridine rings is 1. The number of ether oxygens (including phenoxy) is 1. The summed E-state index contributed by atoms with van der Waals surface area (Å²) >= 11 is 0. The van der Waals surface area contributed by atoms with Crippen LogP contribution in [0.3, 0.4) is 0 Å². The fourth-order valence-corrected chi connectivity index (χ4v) is 6.47. The average molecular weight is 695 g/mol. The Morgan fingerprint density at radius 3 is 2.47 bits per heavy atom. The predicted molar refractivity (Wildman–Crippen MR) is 178 cm³/mol. The fourth-order valence-electron chi connectivity index (χ4n) is 5.55. The molecule has 0 spiro atoms. The van der Waals surface area contributed by atoms with Gasteiger partial charge in [-0.25, -0.2) is 18.1 Å². The molecule has 3 aromatic heterocycles. The Morgan fingerprint density at radius 1 is 1.04 bits per heavy atom. The molecule has 12 nitrogen and oxygen atoms in total. The van der Waals surface area contributed by atoms with Gasteiger partial charge in [-0.1, -0.05) is 6.07 Å². The quantitative estimate of drug-likeness (QED) is 0.198. The highest BCUT2D eigenvalue weighted by molar-refractivity contribution is 7.89. The number of rotatable bonds is 9. The highest BCUT2D eigenvalue weighted by Crippen LogP contribution is 2.39. The summed E-state index contributed by atoms with van der Waals surface area (Å²) in [7, 11) is -1.68. The van der Waals surface area contributed by atoms with Gasteiger partial charge in [0, 0.05) is 61.1 Å². The molecule has 1 aliphatic heterocycles. The summed E-state index contributed by atoms with van der Waals surface area (Å²) in [5.41, 5.74) is 1.10. The first-order valence-electron chi connectivity index (χ1n) is 15.5. The molecule has 2 aromatic carbocycles. The molecule has 5 aromatic rings. The van der Waals surface area contributed by atoms with Crippen LogP contribution in [0.2, 0.25) is 0 Å². The van der Waals surface area contributed by atoms with Gasteiger partial charge < -0.3 is 15.0 Å². The highest BCUT2D eigenvalue weighted by atomic mass is 32.2. The average Bonchev–Trinajstić information content (AvgIpc) is 3.46. The lowest BCUT2D eigenvalue weighted by molar-refractivity contribution is -0.137. The topological polar surface area (TPSA) is 144 Å². The number of benzene rings is 2. The summed E-state index contributed by atoms with van der Waals surface area (Å²) in [5, 5.41) is 7.40. The van der Waals surface area contributed by atoms with Gasteiger partial charge >= 0.3 is 6.18 Å². The number of nitrogens with zero attached hydrogens (tertiary/aromatic N) is 6. The zero-order valence-electron chi connectivity index (χ0n) is 26.8. The summed E-state index contributed by atoms with van der Waals surface area (Å²) in [6.45, 7) is 3.79. The Balaban J connectivity index is 1.22. The minimum absolute atomic E-state index is 0.0361. The van der Waals surface area contributed by atoms with Crippen LogP contribution in [-0.4, -0.2) is 63.9 Å². The van der Waals surface area contributed by atoms with E-state index in [1.807, 2.05) is 0 Å². The Kier molecular flexibility index (Phi) is 9.26. The molecule has 4 heterocycles. The van der Waals surface area contributed by atoms with Gasteiger partial charge in [0.2, 0.25) is 15.9 Å². The van der Waals surface area contributed by atoms with Gasteiger partial charge in [-0.2, -0.15) is 23.3 Å². The maximum absolute atomic E-state index is 14.3. The maximum atomic E-state index is 14.3. The van der Waals surface area contributed by atoms with Gasteiger partial charge in [0.25, 0.3) is 5.91 Å². The largest absolute Gasteiger partial charge is 0.438 e. The van der Waals surface area contributed by atoms with E-state index in [4.69, 9.17) is 4.74 Å². The molecule has 1 saturated heterocycles. The lowest BCUT2D eigenvalue weighted by atomic mass is 10.0. The molecule has 0 saturated carbocycles. The summed E-state index contributed by atoms with van der Waals surface area (Å²) in [5.74, 6) is 0.201. The number of piperidine rings is 1. The van der Waals surface area contributed by atoms with Gasteiger partial charge in [-0.3, -0.25) is 14.5 Å². The molecular weight excluding hydrogens is 661 g/mol. The van der Waals surface area contributed by atoms with Gasteiger partial charge in [0.1, 0.15) is 11.1 Å². The van der Waals surface area contributed by atoms with Crippen LogP contribution in [-0.2, 0) is 23.2 Å². The number of halogens is 3. The van der Waals surface area contributed by atoms with Gasteiger partial charge in [0.15, 0.2) is 11.5 Å². The molecule has 1 amide bonds. The highest BCUT2D eigenvalue weighted by Gasteiger charge is 2.36. The predicted octanol–water partition coefficient (Wildman–Crippen LogP) is 5.71. The number of aromatic nitrogens is 5. The number of anilines is 2. The van der Waals surface area contributed by atoms with Crippen LogP contribution >= 0.6 is 0 Å². The van der Waals surface area contributed by atoms with Gasteiger partial charge in [-0.05, 0) is 74.7 Å². The number of hydrogen-bond acceptors (Lipinski definition) is 9. The minimum Gasteiger partial charge on any atom is -0.438 e. The van der Waals surface area contributed by atoms with Crippen LogP contribution in [0.25, 0.3) is 22.4 Å². The van der Waals surface area contributed by atoms with Crippen LogP contribution in [0.5, 0.6) is 11.6 Å². The third kappa shape index (κ3) is 7.49. The van der Waals surface area contributed by atoms with E-state index < -0.39 is 27.7 Å². The van der Waals surface area contributed by atoms with Crippen molar-refractivity contribution in [3.63, 3.8) is 0 Å². The Labute approximate surface area is 280 Å². The maximum Gasteiger partial charge on any atom is 0.418 e. The van der Waals surface area contributed by atoms with Crippen LogP contribution in [0.4, 0.5) is 24.5 Å². The molecule has 16 heteroatoms. The van der Waals surface area contributed by atoms with E-state index in [0.717, 1.165) is 6.07 Å². The van der Waals surface area contributed by atoms with Crippen molar-refractivity contribution in [3.05, 3.63) is 83.8 Å². The minimum atomic E-state index is -4.70. The Bertz CT molecular complexity index is 2120. The summed E-state index contributed by atoms with van der Waals surface area (Å²) in [4.78, 5) is 28.2. The number of sulfonamides is 1. The second-order valence-electron chi connectivity index (χ2n) is 11.6. The molecule has 0 aliphatic carbocycles. The summed E-state index contributed by atoms with van der Waals surface area (Å²) in [6.07, 6.45) is 0.833. The first-order valence-corrected chi connectivity index (χ1v) is 17.1. The SMILES string of the molecule is CCS(=O)(=O)NC1CCN(c2ccc(NC(=O)c3ccc(C)c(Oc4nc(-c5ccncc5)nc5c4cnn5C)c3)cc2C(F)(F)F)CC1. The van der Waals surface area contributed by atoms with E-state index in [9.17, 15) is 26.4 Å². The van der Waals surface area contributed by atoms with Crippen LogP contribution < -0.4 is 19.7 Å². The number of fused-ring (bicyclic) bond motifs is 1. The third-order valence-electron chi connectivity index (χ3n) is 8.27. The molecule has 0 radical (unpaired) electrons. The molecule has 0 unspecified atom stereocenters.